The maximum absolute atomic E-state index is 13.0. The van der Waals surface area contributed by atoms with Gasteiger partial charge in [0.1, 0.15) is 5.75 Å². The zero-order chi connectivity index (χ0) is 25.9. The molecule has 0 radical (unpaired) electrons. The quantitative estimate of drug-likeness (QED) is 0.199. The number of hydrogen-bond acceptors (Lipinski definition) is 7. The van der Waals surface area contributed by atoms with Crippen molar-refractivity contribution in [2.75, 3.05) is 31.6 Å². The maximum Gasteiger partial charge on any atom is 0.273 e. The molecule has 0 aromatic heterocycles. The summed E-state index contributed by atoms with van der Waals surface area (Å²) in [5, 5.41) is 34.9. The minimum atomic E-state index is -0.582. The van der Waals surface area contributed by atoms with Gasteiger partial charge in [-0.3, -0.25) is 14.5 Å². The van der Waals surface area contributed by atoms with Crippen LogP contribution in [0.3, 0.4) is 0 Å². The second kappa shape index (κ2) is 13.4. The van der Waals surface area contributed by atoms with Crippen molar-refractivity contribution in [3.05, 3.63) is 94.0 Å². The molecule has 5 N–H and O–H groups in total. The van der Waals surface area contributed by atoms with Gasteiger partial charge in [0, 0.05) is 30.2 Å². The Kier molecular flexibility index (Phi) is 9.96. The number of rotatable bonds is 11. The number of carbonyl (C=O) groups excluding carboxylic acids is 2. The highest BCUT2D eigenvalue weighted by atomic mass is 35.5. The molecule has 9 nitrogen and oxygen atoms in total. The largest absolute Gasteiger partial charge is 0.508 e. The van der Waals surface area contributed by atoms with Gasteiger partial charge in [0.15, 0.2) is 0 Å². The first-order valence-corrected chi connectivity index (χ1v) is 11.5. The first-order chi connectivity index (χ1) is 17.4. The Morgan fingerprint density at radius 1 is 0.944 bits per heavy atom. The van der Waals surface area contributed by atoms with E-state index in [2.05, 4.69) is 15.8 Å². The molecule has 0 aliphatic heterocycles. The van der Waals surface area contributed by atoms with Crippen molar-refractivity contribution in [1.29, 1.82) is 0 Å². The lowest BCUT2D eigenvalue weighted by molar-refractivity contribution is 0.0956. The molecule has 3 aromatic rings. The Morgan fingerprint density at radius 3 is 2.42 bits per heavy atom. The standard InChI is InChI=1S/C26H27ClN4O5/c27-21-7-8-24(23(15-21)26(36)30-28-16-18-3-2-6-22(34)14-18)29-25(35)20-5-1-4-19(13-20)17-31(9-11-32)10-12-33/h1-8,13-16,32-34H,9-12,17H2,(H,29,35)(H,30,36)/b28-16+. The molecule has 36 heavy (non-hydrogen) atoms. The molecule has 0 saturated carbocycles. The van der Waals surface area contributed by atoms with Gasteiger partial charge in [-0.2, -0.15) is 5.10 Å². The molecule has 2 amide bonds. The summed E-state index contributed by atoms with van der Waals surface area (Å²) in [6.07, 6.45) is 1.38. The van der Waals surface area contributed by atoms with Crippen LogP contribution in [0.15, 0.2) is 71.8 Å². The van der Waals surface area contributed by atoms with E-state index in [0.29, 0.717) is 35.8 Å². The van der Waals surface area contributed by atoms with Crippen LogP contribution in [0, 0.1) is 0 Å². The summed E-state index contributed by atoms with van der Waals surface area (Å²) in [7, 11) is 0. The van der Waals surface area contributed by atoms with Crippen LogP contribution in [0.25, 0.3) is 0 Å². The summed E-state index contributed by atoms with van der Waals surface area (Å²) < 4.78 is 0. The van der Waals surface area contributed by atoms with Gasteiger partial charge in [0.2, 0.25) is 0 Å². The number of aliphatic hydroxyl groups is 2. The fourth-order valence-corrected chi connectivity index (χ4v) is 3.63. The molecule has 3 aromatic carbocycles. The van der Waals surface area contributed by atoms with E-state index in [4.69, 9.17) is 11.6 Å². The van der Waals surface area contributed by atoms with E-state index < -0.39 is 11.8 Å². The second-order valence-corrected chi connectivity index (χ2v) is 8.30. The van der Waals surface area contributed by atoms with Crippen molar-refractivity contribution in [3.8, 4) is 5.75 Å². The zero-order valence-electron chi connectivity index (χ0n) is 19.4. The second-order valence-electron chi connectivity index (χ2n) is 7.86. The van der Waals surface area contributed by atoms with E-state index in [9.17, 15) is 24.9 Å². The highest BCUT2D eigenvalue weighted by Gasteiger charge is 2.16. The molecule has 188 valence electrons. The van der Waals surface area contributed by atoms with Crippen LogP contribution in [0.4, 0.5) is 5.69 Å². The van der Waals surface area contributed by atoms with Crippen LogP contribution < -0.4 is 10.7 Å². The summed E-state index contributed by atoms with van der Waals surface area (Å²) in [5.74, 6) is -0.933. The average Bonchev–Trinajstić information content (AvgIpc) is 2.85. The third kappa shape index (κ3) is 7.89. The SMILES string of the molecule is O=C(Nc1ccc(Cl)cc1C(=O)N/N=C/c1cccc(O)c1)c1cccc(CN(CCO)CCO)c1. The zero-order valence-corrected chi connectivity index (χ0v) is 20.2. The van der Waals surface area contributed by atoms with Gasteiger partial charge in [0.25, 0.3) is 11.8 Å². The fraction of sp³-hybridized carbons (Fsp3) is 0.192. The molecule has 0 spiro atoms. The summed E-state index contributed by atoms with van der Waals surface area (Å²) in [4.78, 5) is 27.6. The van der Waals surface area contributed by atoms with Crippen LogP contribution in [-0.2, 0) is 6.54 Å². The smallest absolute Gasteiger partial charge is 0.273 e. The molecular weight excluding hydrogens is 484 g/mol. The first kappa shape index (κ1) is 26.8. The monoisotopic (exact) mass is 510 g/mol. The summed E-state index contributed by atoms with van der Waals surface area (Å²) >= 11 is 6.08. The Morgan fingerprint density at radius 2 is 1.69 bits per heavy atom. The number of hydrazone groups is 1. The van der Waals surface area contributed by atoms with Gasteiger partial charge in [-0.05, 0) is 53.6 Å². The lowest BCUT2D eigenvalue weighted by Crippen LogP contribution is -2.29. The van der Waals surface area contributed by atoms with Crippen LogP contribution in [0.2, 0.25) is 5.02 Å². The normalized spacial score (nSPS) is 11.1. The van der Waals surface area contributed by atoms with Crippen LogP contribution in [0.1, 0.15) is 31.8 Å². The molecule has 3 rings (SSSR count). The van der Waals surface area contributed by atoms with Gasteiger partial charge in [-0.15, -0.1) is 0 Å². The predicted molar refractivity (Wildman–Crippen MR) is 138 cm³/mol. The van der Waals surface area contributed by atoms with Crippen LogP contribution >= 0.6 is 11.6 Å². The first-order valence-electron chi connectivity index (χ1n) is 11.2. The molecule has 0 bridgehead atoms. The Labute approximate surface area is 213 Å². The van der Waals surface area contributed by atoms with Crippen molar-refractivity contribution >= 4 is 35.3 Å². The molecule has 10 heteroatoms. The van der Waals surface area contributed by atoms with Gasteiger partial charge >= 0.3 is 0 Å². The van der Waals surface area contributed by atoms with Crippen molar-refractivity contribution in [3.63, 3.8) is 0 Å². The summed E-state index contributed by atoms with van der Waals surface area (Å²) in [5.41, 5.74) is 4.57. The number of nitrogens with one attached hydrogen (secondary N) is 2. The van der Waals surface area contributed by atoms with Gasteiger partial charge < -0.3 is 20.6 Å². The Hall–Kier alpha value is -3.76. The average molecular weight is 511 g/mol. The van der Waals surface area contributed by atoms with Crippen molar-refractivity contribution in [1.82, 2.24) is 10.3 Å². The predicted octanol–water partition coefficient (Wildman–Crippen LogP) is 2.85. The number of hydrogen-bond donors (Lipinski definition) is 5. The number of anilines is 1. The Balaban J connectivity index is 1.73. The van der Waals surface area contributed by atoms with E-state index in [1.807, 2.05) is 11.0 Å². The number of carbonyl (C=O) groups is 2. The molecule has 0 saturated heterocycles. The highest BCUT2D eigenvalue weighted by Crippen LogP contribution is 2.22. The minimum absolute atomic E-state index is 0.0422. The van der Waals surface area contributed by atoms with Gasteiger partial charge in [0.05, 0.1) is 30.7 Å². The van der Waals surface area contributed by atoms with Crippen molar-refractivity contribution < 1.29 is 24.9 Å². The topological polar surface area (TPSA) is 134 Å². The maximum atomic E-state index is 13.0. The molecule has 0 fully saturated rings. The highest BCUT2D eigenvalue weighted by molar-refractivity contribution is 6.31. The molecule has 0 aliphatic rings. The van der Waals surface area contributed by atoms with Gasteiger partial charge in [-0.1, -0.05) is 35.9 Å². The Bertz CT molecular complexity index is 1230. The van der Waals surface area contributed by atoms with Crippen LogP contribution in [-0.4, -0.2) is 64.6 Å². The number of amides is 2. The molecule has 0 unspecified atom stereocenters. The number of aromatic hydroxyl groups is 1. The van der Waals surface area contributed by atoms with E-state index >= 15 is 0 Å². The van der Waals surface area contributed by atoms with Gasteiger partial charge in [-0.25, -0.2) is 5.43 Å². The third-order valence-electron chi connectivity index (χ3n) is 5.15. The van der Waals surface area contributed by atoms with Crippen molar-refractivity contribution in [2.24, 2.45) is 5.10 Å². The number of phenolic OH excluding ortho intramolecular Hbond substituents is 1. The van der Waals surface area contributed by atoms with E-state index in [-0.39, 0.29) is 30.2 Å². The summed E-state index contributed by atoms with van der Waals surface area (Å²) in [6.45, 7) is 1.16. The molecular formula is C26H27ClN4O5. The van der Waals surface area contributed by atoms with E-state index in [1.165, 1.54) is 30.5 Å². The fourth-order valence-electron chi connectivity index (χ4n) is 3.46. The minimum Gasteiger partial charge on any atom is -0.508 e. The lowest BCUT2D eigenvalue weighted by atomic mass is 10.1. The van der Waals surface area contributed by atoms with E-state index in [1.54, 1.807) is 36.4 Å². The summed E-state index contributed by atoms with van der Waals surface area (Å²) in [6, 6.07) is 17.8. The lowest BCUT2D eigenvalue weighted by Gasteiger charge is -2.20. The molecule has 0 atom stereocenters. The van der Waals surface area contributed by atoms with Crippen LogP contribution in [0.5, 0.6) is 5.75 Å². The number of halogens is 1. The number of aliphatic hydroxyl groups excluding tert-OH is 2. The van der Waals surface area contributed by atoms with Crippen molar-refractivity contribution in [2.45, 2.75) is 6.54 Å². The molecule has 0 heterocycles. The third-order valence-corrected chi connectivity index (χ3v) is 5.39. The number of nitrogens with zero attached hydrogens (tertiary/aromatic N) is 2. The van der Waals surface area contributed by atoms with E-state index in [0.717, 1.165) is 5.56 Å². The molecule has 0 aliphatic carbocycles. The number of phenols is 1. The number of benzene rings is 3.